The molecule has 2 rings (SSSR count). The summed E-state index contributed by atoms with van der Waals surface area (Å²) in [5.74, 6) is 0.562. The first kappa shape index (κ1) is 8.15. The van der Waals surface area contributed by atoms with Crippen molar-refractivity contribution in [2.45, 2.75) is 0 Å². The highest BCUT2D eigenvalue weighted by molar-refractivity contribution is 9.10. The SMILES string of the molecule is Clc1nsnc1-n1cc(Br)cn1. The van der Waals surface area contributed by atoms with Crippen LogP contribution in [0.25, 0.3) is 5.82 Å². The third-order valence-corrected chi connectivity index (χ3v) is 2.48. The fourth-order valence-electron chi connectivity index (χ4n) is 0.726. The molecule has 0 radical (unpaired) electrons. The predicted octanol–water partition coefficient (Wildman–Crippen LogP) is 2.14. The van der Waals surface area contributed by atoms with E-state index in [-0.39, 0.29) is 0 Å². The van der Waals surface area contributed by atoms with E-state index in [9.17, 15) is 0 Å². The molecule has 2 aromatic rings. The van der Waals surface area contributed by atoms with Crippen molar-refractivity contribution < 1.29 is 0 Å². The lowest BCUT2D eigenvalue weighted by Gasteiger charge is -1.92. The maximum Gasteiger partial charge on any atom is 0.206 e. The van der Waals surface area contributed by atoms with Gasteiger partial charge in [0.2, 0.25) is 5.82 Å². The van der Waals surface area contributed by atoms with E-state index in [1.165, 1.54) is 0 Å². The molecule has 0 amide bonds. The molecule has 0 aromatic carbocycles. The average Bonchev–Trinajstić information content (AvgIpc) is 2.58. The minimum atomic E-state index is 0.371. The number of rotatable bonds is 1. The van der Waals surface area contributed by atoms with Gasteiger partial charge in [0.1, 0.15) is 0 Å². The molecule has 62 valence electrons. The largest absolute Gasteiger partial charge is 0.218 e. The zero-order chi connectivity index (χ0) is 8.55. The van der Waals surface area contributed by atoms with Crippen molar-refractivity contribution >= 4 is 39.3 Å². The number of aromatic nitrogens is 4. The zero-order valence-electron chi connectivity index (χ0n) is 5.61. The Bertz CT molecular complexity index is 398. The van der Waals surface area contributed by atoms with Crippen molar-refractivity contribution in [3.05, 3.63) is 22.0 Å². The maximum absolute atomic E-state index is 5.74. The normalized spacial score (nSPS) is 10.5. The Balaban J connectivity index is 2.50. The Kier molecular flexibility index (Phi) is 2.12. The summed E-state index contributed by atoms with van der Waals surface area (Å²) in [7, 11) is 0. The maximum atomic E-state index is 5.74. The topological polar surface area (TPSA) is 43.6 Å². The van der Waals surface area contributed by atoms with E-state index < -0.39 is 0 Å². The molecule has 2 aromatic heterocycles. The first-order valence-corrected chi connectivity index (χ1v) is 4.86. The summed E-state index contributed by atoms with van der Waals surface area (Å²) in [4.78, 5) is 0. The van der Waals surface area contributed by atoms with Gasteiger partial charge in [-0.1, -0.05) is 11.6 Å². The van der Waals surface area contributed by atoms with E-state index in [0.717, 1.165) is 16.2 Å². The average molecular weight is 266 g/mol. The van der Waals surface area contributed by atoms with Crippen molar-refractivity contribution in [3.8, 4) is 5.82 Å². The van der Waals surface area contributed by atoms with Crippen LogP contribution in [-0.2, 0) is 0 Å². The first-order valence-electron chi connectivity index (χ1n) is 2.96. The van der Waals surface area contributed by atoms with E-state index in [1.54, 1.807) is 17.1 Å². The standard InChI is InChI=1S/C5H2BrClN4S/c6-3-1-8-11(2-3)5-4(7)9-12-10-5/h1-2H. The second-order valence-electron chi connectivity index (χ2n) is 1.98. The smallest absolute Gasteiger partial charge is 0.206 e. The van der Waals surface area contributed by atoms with E-state index in [1.807, 2.05) is 0 Å². The number of nitrogens with zero attached hydrogens (tertiary/aromatic N) is 4. The molecule has 0 spiro atoms. The van der Waals surface area contributed by atoms with E-state index in [0.29, 0.717) is 11.0 Å². The Hall–Kier alpha value is -0.460. The van der Waals surface area contributed by atoms with Gasteiger partial charge in [-0.05, 0) is 15.9 Å². The van der Waals surface area contributed by atoms with Crippen molar-refractivity contribution in [3.63, 3.8) is 0 Å². The molecule has 0 atom stereocenters. The molecule has 0 bridgehead atoms. The highest BCUT2D eigenvalue weighted by atomic mass is 79.9. The quantitative estimate of drug-likeness (QED) is 0.793. The number of hydrogen-bond donors (Lipinski definition) is 0. The molecule has 0 aliphatic carbocycles. The Morgan fingerprint density at radius 1 is 1.50 bits per heavy atom. The highest BCUT2D eigenvalue weighted by Crippen LogP contribution is 2.18. The second-order valence-corrected chi connectivity index (χ2v) is 3.78. The third kappa shape index (κ3) is 1.37. The lowest BCUT2D eigenvalue weighted by atomic mass is 10.7. The van der Waals surface area contributed by atoms with Gasteiger partial charge in [-0.25, -0.2) is 4.68 Å². The van der Waals surface area contributed by atoms with Crippen LogP contribution in [0.5, 0.6) is 0 Å². The lowest BCUT2D eigenvalue weighted by molar-refractivity contribution is 0.859. The van der Waals surface area contributed by atoms with Gasteiger partial charge in [-0.3, -0.25) is 0 Å². The van der Waals surface area contributed by atoms with Gasteiger partial charge in [0, 0.05) is 6.20 Å². The van der Waals surface area contributed by atoms with Crippen LogP contribution in [0.1, 0.15) is 0 Å². The molecule has 7 heteroatoms. The van der Waals surface area contributed by atoms with Gasteiger partial charge in [-0.2, -0.15) is 13.8 Å². The minimum Gasteiger partial charge on any atom is -0.218 e. The van der Waals surface area contributed by atoms with Gasteiger partial charge in [0.05, 0.1) is 22.4 Å². The van der Waals surface area contributed by atoms with Crippen molar-refractivity contribution in [1.82, 2.24) is 18.5 Å². The van der Waals surface area contributed by atoms with Crippen LogP contribution < -0.4 is 0 Å². The molecular weight excluding hydrogens is 264 g/mol. The zero-order valence-corrected chi connectivity index (χ0v) is 8.77. The summed E-state index contributed by atoms with van der Waals surface area (Å²) in [6.07, 6.45) is 3.43. The van der Waals surface area contributed by atoms with Crippen LogP contribution in [-0.4, -0.2) is 18.5 Å². The lowest BCUT2D eigenvalue weighted by Crippen LogP contribution is -1.94. The van der Waals surface area contributed by atoms with Crippen molar-refractivity contribution in [1.29, 1.82) is 0 Å². The minimum absolute atomic E-state index is 0.371. The van der Waals surface area contributed by atoms with Gasteiger partial charge in [0.15, 0.2) is 5.15 Å². The molecule has 2 heterocycles. The monoisotopic (exact) mass is 264 g/mol. The first-order chi connectivity index (χ1) is 5.77. The van der Waals surface area contributed by atoms with Gasteiger partial charge >= 0.3 is 0 Å². The Labute approximate surface area is 85.6 Å². The van der Waals surface area contributed by atoms with Gasteiger partial charge in [0.25, 0.3) is 0 Å². The van der Waals surface area contributed by atoms with Crippen LogP contribution in [0.4, 0.5) is 0 Å². The van der Waals surface area contributed by atoms with Gasteiger partial charge < -0.3 is 0 Å². The number of hydrogen-bond acceptors (Lipinski definition) is 4. The van der Waals surface area contributed by atoms with Crippen LogP contribution in [0.2, 0.25) is 5.15 Å². The van der Waals surface area contributed by atoms with Gasteiger partial charge in [-0.15, -0.1) is 0 Å². The molecule has 0 aliphatic rings. The third-order valence-electron chi connectivity index (χ3n) is 1.20. The van der Waals surface area contributed by atoms with Crippen LogP contribution in [0.15, 0.2) is 16.9 Å². The van der Waals surface area contributed by atoms with E-state index >= 15 is 0 Å². The summed E-state index contributed by atoms with van der Waals surface area (Å²) in [5, 5.41) is 4.38. The Morgan fingerprint density at radius 2 is 2.33 bits per heavy atom. The fourth-order valence-corrected chi connectivity index (χ4v) is 1.73. The van der Waals surface area contributed by atoms with Crippen molar-refractivity contribution in [2.24, 2.45) is 0 Å². The number of halogens is 2. The fraction of sp³-hybridized carbons (Fsp3) is 0. The molecule has 0 saturated heterocycles. The predicted molar refractivity (Wildman–Crippen MR) is 49.7 cm³/mol. The summed E-state index contributed by atoms with van der Waals surface area (Å²) < 4.78 is 10.2. The molecule has 12 heavy (non-hydrogen) atoms. The molecule has 0 N–H and O–H groups in total. The van der Waals surface area contributed by atoms with E-state index in [2.05, 4.69) is 29.8 Å². The highest BCUT2D eigenvalue weighted by Gasteiger charge is 2.07. The van der Waals surface area contributed by atoms with Crippen LogP contribution in [0.3, 0.4) is 0 Å². The second kappa shape index (κ2) is 3.12. The van der Waals surface area contributed by atoms with Crippen molar-refractivity contribution in [2.75, 3.05) is 0 Å². The molecule has 0 unspecified atom stereocenters. The summed E-state index contributed by atoms with van der Waals surface area (Å²) >= 11 is 10.1. The summed E-state index contributed by atoms with van der Waals surface area (Å²) in [5.41, 5.74) is 0. The molecule has 0 saturated carbocycles. The molecule has 0 aliphatic heterocycles. The molecular formula is C5H2BrClN4S. The van der Waals surface area contributed by atoms with Crippen LogP contribution >= 0.6 is 39.3 Å². The van der Waals surface area contributed by atoms with Crippen LogP contribution in [0, 0.1) is 0 Å². The summed E-state index contributed by atoms with van der Waals surface area (Å²) in [6.45, 7) is 0. The van der Waals surface area contributed by atoms with E-state index in [4.69, 9.17) is 11.6 Å². The Morgan fingerprint density at radius 3 is 2.83 bits per heavy atom. The summed E-state index contributed by atoms with van der Waals surface area (Å²) in [6, 6.07) is 0. The molecule has 4 nitrogen and oxygen atoms in total. The molecule has 0 fully saturated rings.